The van der Waals surface area contributed by atoms with Gasteiger partial charge in [-0.3, -0.25) is 4.79 Å². The number of carbonyl (C=O) groups is 1. The van der Waals surface area contributed by atoms with Crippen LogP contribution in [0.5, 0.6) is 5.75 Å². The Labute approximate surface area is 148 Å². The molecule has 0 amide bonds. The molecule has 24 heavy (non-hydrogen) atoms. The van der Waals surface area contributed by atoms with Crippen molar-refractivity contribution in [2.75, 3.05) is 6.61 Å². The lowest BCUT2D eigenvalue weighted by Crippen LogP contribution is -2.05. The van der Waals surface area contributed by atoms with Crippen LogP contribution in [0.25, 0.3) is 0 Å². The molecule has 0 saturated heterocycles. The van der Waals surface area contributed by atoms with Gasteiger partial charge in [0.2, 0.25) is 0 Å². The topological polar surface area (TPSA) is 26.3 Å². The first-order valence-corrected chi connectivity index (χ1v) is 10.1. The van der Waals surface area contributed by atoms with E-state index in [1.807, 2.05) is 12.1 Å². The molecular formula is C22H34O2. The van der Waals surface area contributed by atoms with Crippen molar-refractivity contribution in [1.29, 1.82) is 0 Å². The van der Waals surface area contributed by atoms with Crippen LogP contribution in [-0.4, -0.2) is 12.9 Å². The van der Waals surface area contributed by atoms with Gasteiger partial charge in [-0.15, -0.1) is 0 Å². The van der Waals surface area contributed by atoms with Gasteiger partial charge in [0, 0.05) is 0 Å². The van der Waals surface area contributed by atoms with Crippen molar-refractivity contribution in [1.82, 2.24) is 0 Å². The lowest BCUT2D eigenvalue weighted by atomic mass is 9.95. The van der Waals surface area contributed by atoms with Crippen LogP contribution in [0.3, 0.4) is 0 Å². The van der Waals surface area contributed by atoms with Gasteiger partial charge in [-0.05, 0) is 36.8 Å². The molecule has 0 aliphatic heterocycles. The SMILES string of the molecule is CCCCCCCCCCOc1c(C=O)cccc1C1CCCC1. The van der Waals surface area contributed by atoms with E-state index in [4.69, 9.17) is 4.74 Å². The molecule has 1 aromatic carbocycles. The lowest BCUT2D eigenvalue weighted by molar-refractivity contribution is 0.111. The Hall–Kier alpha value is -1.31. The second-order valence-corrected chi connectivity index (χ2v) is 7.19. The minimum Gasteiger partial charge on any atom is -0.493 e. The van der Waals surface area contributed by atoms with Crippen LogP contribution in [0.1, 0.15) is 106 Å². The summed E-state index contributed by atoms with van der Waals surface area (Å²) in [7, 11) is 0. The van der Waals surface area contributed by atoms with Gasteiger partial charge in [0.1, 0.15) is 5.75 Å². The maximum atomic E-state index is 11.4. The number of benzene rings is 1. The monoisotopic (exact) mass is 330 g/mol. The van der Waals surface area contributed by atoms with Crippen molar-refractivity contribution in [2.24, 2.45) is 0 Å². The van der Waals surface area contributed by atoms with Gasteiger partial charge >= 0.3 is 0 Å². The molecule has 134 valence electrons. The van der Waals surface area contributed by atoms with E-state index < -0.39 is 0 Å². The van der Waals surface area contributed by atoms with E-state index in [1.54, 1.807) is 0 Å². The lowest BCUT2D eigenvalue weighted by Gasteiger charge is -2.17. The molecule has 0 unspecified atom stereocenters. The molecule has 0 aromatic heterocycles. The fourth-order valence-electron chi connectivity index (χ4n) is 3.80. The van der Waals surface area contributed by atoms with E-state index in [2.05, 4.69) is 13.0 Å². The van der Waals surface area contributed by atoms with Crippen molar-refractivity contribution >= 4 is 6.29 Å². The van der Waals surface area contributed by atoms with Crippen LogP contribution in [0.2, 0.25) is 0 Å². The van der Waals surface area contributed by atoms with Gasteiger partial charge in [0.05, 0.1) is 12.2 Å². The van der Waals surface area contributed by atoms with Gasteiger partial charge in [-0.25, -0.2) is 0 Å². The van der Waals surface area contributed by atoms with E-state index in [0.717, 1.165) is 30.6 Å². The van der Waals surface area contributed by atoms with Gasteiger partial charge in [-0.2, -0.15) is 0 Å². The van der Waals surface area contributed by atoms with E-state index in [1.165, 1.54) is 76.2 Å². The molecule has 0 spiro atoms. The van der Waals surface area contributed by atoms with Crippen LogP contribution in [0, 0.1) is 0 Å². The molecule has 2 nitrogen and oxygen atoms in total. The molecule has 0 heterocycles. The Kier molecular flexibility index (Phi) is 8.94. The van der Waals surface area contributed by atoms with Crippen molar-refractivity contribution in [3.8, 4) is 5.75 Å². The predicted molar refractivity (Wildman–Crippen MR) is 101 cm³/mol. The third kappa shape index (κ3) is 5.96. The Balaban J connectivity index is 1.76. The number of carbonyl (C=O) groups excluding carboxylic acids is 1. The fourth-order valence-corrected chi connectivity index (χ4v) is 3.80. The normalized spacial score (nSPS) is 14.9. The molecule has 1 aliphatic rings. The molecule has 0 N–H and O–H groups in total. The van der Waals surface area contributed by atoms with Gasteiger partial charge in [0.15, 0.2) is 6.29 Å². The Bertz CT molecular complexity index is 475. The summed E-state index contributed by atoms with van der Waals surface area (Å²) < 4.78 is 6.09. The third-order valence-corrected chi connectivity index (χ3v) is 5.24. The summed E-state index contributed by atoms with van der Waals surface area (Å²) in [5.41, 5.74) is 1.98. The molecule has 2 rings (SSSR count). The van der Waals surface area contributed by atoms with E-state index in [0.29, 0.717) is 5.92 Å². The summed E-state index contributed by atoms with van der Waals surface area (Å²) in [5.74, 6) is 1.45. The molecule has 0 radical (unpaired) electrons. The number of rotatable bonds is 12. The van der Waals surface area contributed by atoms with Gasteiger partial charge in [0.25, 0.3) is 0 Å². The highest BCUT2D eigenvalue weighted by atomic mass is 16.5. The molecule has 0 atom stereocenters. The van der Waals surface area contributed by atoms with Crippen LogP contribution in [-0.2, 0) is 0 Å². The minimum atomic E-state index is 0.582. The van der Waals surface area contributed by atoms with Crippen molar-refractivity contribution < 1.29 is 9.53 Å². The highest BCUT2D eigenvalue weighted by molar-refractivity contribution is 5.80. The largest absolute Gasteiger partial charge is 0.493 e. The summed E-state index contributed by atoms with van der Waals surface area (Å²) in [6, 6.07) is 6.04. The van der Waals surface area contributed by atoms with Gasteiger partial charge < -0.3 is 4.74 Å². The van der Waals surface area contributed by atoms with Crippen LogP contribution >= 0.6 is 0 Å². The summed E-state index contributed by atoms with van der Waals surface area (Å²) >= 11 is 0. The molecule has 1 fully saturated rings. The van der Waals surface area contributed by atoms with Crippen LogP contribution in [0.4, 0.5) is 0 Å². The first kappa shape index (κ1) is 19.0. The maximum Gasteiger partial charge on any atom is 0.153 e. The average Bonchev–Trinajstić information content (AvgIpc) is 3.14. The summed E-state index contributed by atoms with van der Waals surface area (Å²) in [6.45, 7) is 2.99. The highest BCUT2D eigenvalue weighted by Gasteiger charge is 2.22. The zero-order valence-electron chi connectivity index (χ0n) is 15.4. The second-order valence-electron chi connectivity index (χ2n) is 7.19. The van der Waals surface area contributed by atoms with Crippen molar-refractivity contribution in [3.05, 3.63) is 29.3 Å². The standard InChI is InChI=1S/C22H34O2/c1-2-3-4-5-6-7-8-11-17-24-22-20(18-23)15-12-16-21(22)19-13-9-10-14-19/h12,15-16,18-19H,2-11,13-14,17H2,1H3. The van der Waals surface area contributed by atoms with Crippen molar-refractivity contribution in [3.63, 3.8) is 0 Å². The Morgan fingerprint density at radius 2 is 1.67 bits per heavy atom. The maximum absolute atomic E-state index is 11.4. The average molecular weight is 331 g/mol. The molecule has 1 saturated carbocycles. The van der Waals surface area contributed by atoms with E-state index in [9.17, 15) is 4.79 Å². The highest BCUT2D eigenvalue weighted by Crippen LogP contribution is 2.39. The third-order valence-electron chi connectivity index (χ3n) is 5.24. The molecular weight excluding hydrogens is 296 g/mol. The minimum absolute atomic E-state index is 0.582. The van der Waals surface area contributed by atoms with E-state index in [-0.39, 0.29) is 0 Å². The van der Waals surface area contributed by atoms with Gasteiger partial charge in [-0.1, -0.05) is 76.8 Å². The number of ether oxygens (including phenoxy) is 1. The fraction of sp³-hybridized carbons (Fsp3) is 0.682. The smallest absolute Gasteiger partial charge is 0.153 e. The molecule has 2 heteroatoms. The first-order chi connectivity index (χ1) is 11.9. The van der Waals surface area contributed by atoms with Crippen LogP contribution in [0.15, 0.2) is 18.2 Å². The quantitative estimate of drug-likeness (QED) is 0.316. The predicted octanol–water partition coefficient (Wildman–Crippen LogP) is 6.68. The number of unbranched alkanes of at least 4 members (excludes halogenated alkanes) is 7. The summed E-state index contributed by atoms with van der Waals surface area (Å²) in [5, 5.41) is 0. The molecule has 0 bridgehead atoms. The number of aldehydes is 1. The molecule has 1 aromatic rings. The van der Waals surface area contributed by atoms with E-state index >= 15 is 0 Å². The number of hydrogen-bond donors (Lipinski definition) is 0. The zero-order chi connectivity index (χ0) is 17.0. The number of para-hydroxylation sites is 1. The molecule has 1 aliphatic carbocycles. The Morgan fingerprint density at radius 1 is 1.00 bits per heavy atom. The first-order valence-electron chi connectivity index (χ1n) is 10.1. The summed E-state index contributed by atoms with van der Waals surface area (Å²) in [6.07, 6.45) is 16.4. The second kappa shape index (κ2) is 11.3. The zero-order valence-corrected chi connectivity index (χ0v) is 15.4. The number of hydrogen-bond acceptors (Lipinski definition) is 2. The van der Waals surface area contributed by atoms with Crippen molar-refractivity contribution in [2.45, 2.75) is 89.9 Å². The Morgan fingerprint density at radius 3 is 2.33 bits per heavy atom. The van der Waals surface area contributed by atoms with Crippen LogP contribution < -0.4 is 4.74 Å². The summed E-state index contributed by atoms with van der Waals surface area (Å²) in [4.78, 5) is 11.4.